The highest BCUT2D eigenvalue weighted by Crippen LogP contribution is 2.28. The number of amides is 1. The van der Waals surface area contributed by atoms with Crippen molar-refractivity contribution in [1.29, 1.82) is 0 Å². The first-order valence-electron chi connectivity index (χ1n) is 5.82. The molecule has 0 spiro atoms. The molecule has 1 aromatic heterocycles. The summed E-state index contributed by atoms with van der Waals surface area (Å²) in [6.07, 6.45) is 3.02. The van der Waals surface area contributed by atoms with Crippen LogP contribution in [0.5, 0.6) is 0 Å². The van der Waals surface area contributed by atoms with E-state index in [9.17, 15) is 9.59 Å². The highest BCUT2D eigenvalue weighted by molar-refractivity contribution is 6.05. The molecule has 0 aliphatic heterocycles. The lowest BCUT2D eigenvalue weighted by Gasteiger charge is -2.27. The minimum atomic E-state index is -0.854. The molecule has 1 rings (SSSR count). The molecular formula is C12H19N3O3. The summed E-state index contributed by atoms with van der Waals surface area (Å²) in [6, 6.07) is 0. The number of hydrogen-bond donors (Lipinski definition) is 2. The molecule has 1 heterocycles. The summed E-state index contributed by atoms with van der Waals surface area (Å²) in [7, 11) is 0. The van der Waals surface area contributed by atoms with Gasteiger partial charge in [0.05, 0.1) is 18.5 Å². The fourth-order valence-corrected chi connectivity index (χ4v) is 1.61. The van der Waals surface area contributed by atoms with Crippen LogP contribution in [-0.2, 0) is 14.3 Å². The highest BCUT2D eigenvalue weighted by Gasteiger charge is 2.38. The highest BCUT2D eigenvalue weighted by atomic mass is 16.5. The topological polar surface area (TPSA) is 84.1 Å². The summed E-state index contributed by atoms with van der Waals surface area (Å²) in [4.78, 5) is 24.0. The Hall–Kier alpha value is -1.85. The second-order valence-electron chi connectivity index (χ2n) is 5.03. The number of esters is 1. The molecule has 1 atom stereocenters. The summed E-state index contributed by atoms with van der Waals surface area (Å²) in [5, 5.41) is 8.94. The van der Waals surface area contributed by atoms with Gasteiger partial charge in [-0.2, -0.15) is 5.10 Å². The van der Waals surface area contributed by atoms with E-state index in [4.69, 9.17) is 4.74 Å². The number of aromatic nitrogens is 2. The maximum Gasteiger partial charge on any atom is 0.319 e. The molecule has 6 nitrogen and oxygen atoms in total. The van der Waals surface area contributed by atoms with Crippen molar-refractivity contribution in [3.05, 3.63) is 12.4 Å². The van der Waals surface area contributed by atoms with E-state index in [2.05, 4.69) is 15.5 Å². The Balaban J connectivity index is 2.83. The molecule has 1 amide bonds. The van der Waals surface area contributed by atoms with Crippen LogP contribution in [0.15, 0.2) is 12.4 Å². The standard InChI is InChI=1S/C12H19N3O3/c1-5-18-11(17)9(12(2,3)4)10(16)15-8-6-13-14-7-8/h6-7,9H,5H2,1-4H3,(H,13,14)(H,15,16). The zero-order chi connectivity index (χ0) is 13.8. The van der Waals surface area contributed by atoms with Crippen molar-refractivity contribution in [3.8, 4) is 0 Å². The van der Waals surface area contributed by atoms with Crippen LogP contribution >= 0.6 is 0 Å². The monoisotopic (exact) mass is 253 g/mol. The molecule has 0 bridgehead atoms. The Morgan fingerprint density at radius 3 is 2.61 bits per heavy atom. The van der Waals surface area contributed by atoms with Crippen LogP contribution in [0.3, 0.4) is 0 Å². The zero-order valence-electron chi connectivity index (χ0n) is 11.1. The van der Waals surface area contributed by atoms with Crippen LogP contribution in [-0.4, -0.2) is 28.7 Å². The first kappa shape index (κ1) is 14.2. The van der Waals surface area contributed by atoms with Gasteiger partial charge in [0, 0.05) is 6.20 Å². The maximum atomic E-state index is 12.1. The van der Waals surface area contributed by atoms with Crippen molar-refractivity contribution < 1.29 is 14.3 Å². The molecule has 1 unspecified atom stereocenters. The number of rotatable bonds is 4. The summed E-state index contributed by atoms with van der Waals surface area (Å²) >= 11 is 0. The molecule has 18 heavy (non-hydrogen) atoms. The summed E-state index contributed by atoms with van der Waals surface area (Å²) in [5.41, 5.74) is 0.0126. The normalized spacial score (nSPS) is 12.9. The molecule has 0 aliphatic carbocycles. The van der Waals surface area contributed by atoms with E-state index in [1.54, 1.807) is 13.1 Å². The fraction of sp³-hybridized carbons (Fsp3) is 0.583. The van der Waals surface area contributed by atoms with Gasteiger partial charge >= 0.3 is 5.97 Å². The first-order valence-corrected chi connectivity index (χ1v) is 5.82. The van der Waals surface area contributed by atoms with Gasteiger partial charge in [-0.3, -0.25) is 14.7 Å². The number of nitrogens with zero attached hydrogens (tertiary/aromatic N) is 1. The zero-order valence-corrected chi connectivity index (χ0v) is 11.1. The molecule has 100 valence electrons. The Morgan fingerprint density at radius 2 is 2.17 bits per heavy atom. The molecule has 1 aromatic rings. The van der Waals surface area contributed by atoms with Crippen molar-refractivity contribution in [2.45, 2.75) is 27.7 Å². The minimum Gasteiger partial charge on any atom is -0.465 e. The van der Waals surface area contributed by atoms with Crippen LogP contribution < -0.4 is 5.32 Å². The van der Waals surface area contributed by atoms with Gasteiger partial charge in [-0.05, 0) is 12.3 Å². The third-order valence-electron chi connectivity index (χ3n) is 2.42. The fourth-order valence-electron chi connectivity index (χ4n) is 1.61. The Labute approximate surface area is 106 Å². The van der Waals surface area contributed by atoms with Crippen molar-refractivity contribution in [2.75, 3.05) is 11.9 Å². The van der Waals surface area contributed by atoms with Crippen molar-refractivity contribution in [1.82, 2.24) is 10.2 Å². The number of H-pyrrole nitrogens is 1. The molecule has 0 fully saturated rings. The van der Waals surface area contributed by atoms with Gasteiger partial charge < -0.3 is 10.1 Å². The van der Waals surface area contributed by atoms with Crippen molar-refractivity contribution in [3.63, 3.8) is 0 Å². The lowest BCUT2D eigenvalue weighted by Crippen LogP contribution is -2.40. The molecule has 0 radical (unpaired) electrons. The van der Waals surface area contributed by atoms with Gasteiger partial charge in [0.1, 0.15) is 5.92 Å². The lowest BCUT2D eigenvalue weighted by atomic mass is 9.80. The Bertz CT molecular complexity index is 407. The maximum absolute atomic E-state index is 12.1. The average Bonchev–Trinajstić information content (AvgIpc) is 2.68. The van der Waals surface area contributed by atoms with E-state index in [1.807, 2.05) is 20.8 Å². The van der Waals surface area contributed by atoms with Gasteiger partial charge in [-0.25, -0.2) is 0 Å². The summed E-state index contributed by atoms with van der Waals surface area (Å²) in [5.74, 6) is -1.75. The van der Waals surface area contributed by atoms with Gasteiger partial charge in [0.2, 0.25) is 5.91 Å². The molecule has 0 aliphatic rings. The van der Waals surface area contributed by atoms with E-state index >= 15 is 0 Å². The second kappa shape index (κ2) is 5.66. The van der Waals surface area contributed by atoms with Crippen molar-refractivity contribution >= 4 is 17.6 Å². The van der Waals surface area contributed by atoms with Gasteiger partial charge in [-0.1, -0.05) is 20.8 Å². The third kappa shape index (κ3) is 3.58. The Morgan fingerprint density at radius 1 is 1.50 bits per heavy atom. The quantitative estimate of drug-likeness (QED) is 0.630. The van der Waals surface area contributed by atoms with Gasteiger partial charge in [0.15, 0.2) is 0 Å². The molecular weight excluding hydrogens is 234 g/mol. The summed E-state index contributed by atoms with van der Waals surface area (Å²) in [6.45, 7) is 7.44. The average molecular weight is 253 g/mol. The van der Waals surface area contributed by atoms with E-state index < -0.39 is 17.3 Å². The largest absolute Gasteiger partial charge is 0.465 e. The van der Waals surface area contributed by atoms with Gasteiger partial charge in [-0.15, -0.1) is 0 Å². The number of aromatic amines is 1. The minimum absolute atomic E-state index is 0.254. The number of carbonyl (C=O) groups is 2. The van der Waals surface area contributed by atoms with Gasteiger partial charge in [0.25, 0.3) is 0 Å². The van der Waals surface area contributed by atoms with E-state index in [0.717, 1.165) is 0 Å². The SMILES string of the molecule is CCOC(=O)C(C(=O)Nc1cn[nH]c1)C(C)(C)C. The lowest BCUT2D eigenvalue weighted by molar-refractivity contribution is -0.155. The van der Waals surface area contributed by atoms with E-state index in [0.29, 0.717) is 5.69 Å². The molecule has 0 saturated carbocycles. The van der Waals surface area contributed by atoms with Crippen LogP contribution in [0.2, 0.25) is 0 Å². The predicted octanol–water partition coefficient (Wildman–Crippen LogP) is 1.57. The second-order valence-corrected chi connectivity index (χ2v) is 5.03. The smallest absolute Gasteiger partial charge is 0.319 e. The number of ether oxygens (including phenoxy) is 1. The van der Waals surface area contributed by atoms with E-state index in [-0.39, 0.29) is 12.5 Å². The molecule has 0 saturated heterocycles. The van der Waals surface area contributed by atoms with Crippen LogP contribution in [0.4, 0.5) is 5.69 Å². The molecule has 6 heteroatoms. The number of nitrogens with one attached hydrogen (secondary N) is 2. The predicted molar refractivity (Wildman–Crippen MR) is 66.8 cm³/mol. The first-order chi connectivity index (χ1) is 8.36. The summed E-state index contributed by atoms with van der Waals surface area (Å²) < 4.78 is 4.95. The van der Waals surface area contributed by atoms with Crippen LogP contribution in [0.25, 0.3) is 0 Å². The molecule has 2 N–H and O–H groups in total. The van der Waals surface area contributed by atoms with Crippen LogP contribution in [0, 0.1) is 11.3 Å². The molecule has 0 aromatic carbocycles. The van der Waals surface area contributed by atoms with E-state index in [1.165, 1.54) is 6.20 Å². The third-order valence-corrected chi connectivity index (χ3v) is 2.42. The Kier molecular flexibility index (Phi) is 4.47. The number of anilines is 1. The number of carbonyl (C=O) groups excluding carboxylic acids is 2. The van der Waals surface area contributed by atoms with Crippen molar-refractivity contribution in [2.24, 2.45) is 11.3 Å². The van der Waals surface area contributed by atoms with Crippen LogP contribution in [0.1, 0.15) is 27.7 Å². The number of hydrogen-bond acceptors (Lipinski definition) is 4.